The highest BCUT2D eigenvalue weighted by Gasteiger charge is 2.09. The molecule has 2 heterocycles. The Bertz CT molecular complexity index is 1030. The predicted octanol–water partition coefficient (Wildman–Crippen LogP) is 4.51. The van der Waals surface area contributed by atoms with E-state index in [0.29, 0.717) is 17.2 Å². The molecule has 150 valence electrons. The second-order valence-electron chi connectivity index (χ2n) is 6.29. The predicted molar refractivity (Wildman–Crippen MR) is 113 cm³/mol. The van der Waals surface area contributed by atoms with Crippen molar-refractivity contribution in [1.82, 2.24) is 24.7 Å². The van der Waals surface area contributed by atoms with Crippen molar-refractivity contribution in [3.63, 3.8) is 0 Å². The third-order valence-electron chi connectivity index (χ3n) is 4.05. The van der Waals surface area contributed by atoms with E-state index in [1.54, 1.807) is 18.1 Å². The molecule has 9 heteroatoms. The van der Waals surface area contributed by atoms with Gasteiger partial charge in [0.1, 0.15) is 12.2 Å². The molecule has 2 aromatic heterocycles. The number of aromatic nitrogens is 4. The summed E-state index contributed by atoms with van der Waals surface area (Å²) in [7, 11) is 0. The van der Waals surface area contributed by atoms with E-state index in [4.69, 9.17) is 5.41 Å². The van der Waals surface area contributed by atoms with Gasteiger partial charge in [-0.25, -0.2) is 23.7 Å². The molecule has 0 bridgehead atoms. The molecule has 3 rings (SSSR count). The minimum atomic E-state index is -2.81. The largest absolute Gasteiger partial charge is 0.337 e. The summed E-state index contributed by atoms with van der Waals surface area (Å²) in [6.45, 7) is 2.79. The average Bonchev–Trinajstić information content (AvgIpc) is 3.19. The van der Waals surface area contributed by atoms with Crippen LogP contribution in [0.4, 0.5) is 8.78 Å². The lowest BCUT2D eigenvalue weighted by Gasteiger charge is -2.08. The first kappa shape index (κ1) is 20.8. The van der Waals surface area contributed by atoms with Gasteiger partial charge in [-0.2, -0.15) is 0 Å². The Morgan fingerprint density at radius 3 is 2.76 bits per heavy atom. The van der Waals surface area contributed by atoms with Crippen LogP contribution in [0.3, 0.4) is 0 Å². The first-order valence-corrected chi connectivity index (χ1v) is 9.97. The molecule has 3 aromatic rings. The molecule has 1 aromatic carbocycles. The maximum absolute atomic E-state index is 12.4. The Kier molecular flexibility index (Phi) is 6.84. The van der Waals surface area contributed by atoms with Gasteiger partial charge in [-0.1, -0.05) is 23.6 Å². The summed E-state index contributed by atoms with van der Waals surface area (Å²) in [5.41, 5.74) is 4.55. The van der Waals surface area contributed by atoms with Crippen molar-refractivity contribution in [2.75, 3.05) is 6.26 Å². The van der Waals surface area contributed by atoms with Crippen molar-refractivity contribution < 1.29 is 8.78 Å². The van der Waals surface area contributed by atoms with Gasteiger partial charge in [0.2, 0.25) is 0 Å². The third-order valence-corrected chi connectivity index (χ3v) is 4.48. The number of H-pyrrole nitrogens is 1. The number of hydrogen-bond donors (Lipinski definition) is 3. The monoisotopic (exact) mass is 414 g/mol. The minimum Gasteiger partial charge on any atom is -0.337 e. The fourth-order valence-electron chi connectivity index (χ4n) is 2.72. The summed E-state index contributed by atoms with van der Waals surface area (Å²) in [5.74, 6) is 0.367. The van der Waals surface area contributed by atoms with Gasteiger partial charge in [-0.3, -0.25) is 10.1 Å². The van der Waals surface area contributed by atoms with Gasteiger partial charge < -0.3 is 4.98 Å². The Morgan fingerprint density at radius 1 is 1.21 bits per heavy atom. The van der Waals surface area contributed by atoms with Crippen LogP contribution in [0, 0.1) is 12.3 Å². The molecular formula is C20H20F2N6S. The van der Waals surface area contributed by atoms with Crippen molar-refractivity contribution in [2.45, 2.75) is 19.9 Å². The second kappa shape index (κ2) is 9.53. The van der Waals surface area contributed by atoms with Gasteiger partial charge in [-0.05, 0) is 49.1 Å². The smallest absolute Gasteiger partial charge is 0.279 e. The molecule has 0 aliphatic rings. The highest BCUT2D eigenvalue weighted by atomic mass is 32.2. The second-order valence-corrected chi connectivity index (χ2v) is 6.99. The standard InChI is InChI=1S/C20H20F2N6S/c1-12-5-13(9-27-29-2)7-14(6-12)16-8-17(26-11-25-16)18-10-24-19(28-18)4-3-15(23)20(21)22/h3-8,10-11,20,23,27H,9H2,1-2H3,(H,24,28)/b4-3-,23-15?. The molecule has 0 saturated carbocycles. The molecule has 0 spiro atoms. The first-order valence-electron chi connectivity index (χ1n) is 8.75. The van der Waals surface area contributed by atoms with E-state index in [1.807, 2.05) is 19.2 Å². The van der Waals surface area contributed by atoms with Crippen molar-refractivity contribution in [1.29, 1.82) is 5.41 Å². The number of benzene rings is 1. The van der Waals surface area contributed by atoms with Gasteiger partial charge in [0.25, 0.3) is 6.43 Å². The summed E-state index contributed by atoms with van der Waals surface area (Å²) >= 11 is 1.57. The Hall–Kier alpha value is -2.91. The molecule has 0 fully saturated rings. The van der Waals surface area contributed by atoms with E-state index >= 15 is 0 Å². The molecule has 0 amide bonds. The van der Waals surface area contributed by atoms with Crippen molar-refractivity contribution in [3.8, 4) is 22.6 Å². The van der Waals surface area contributed by atoms with Crippen LogP contribution in [0.2, 0.25) is 0 Å². The number of allylic oxidation sites excluding steroid dienone is 1. The van der Waals surface area contributed by atoms with Crippen LogP contribution >= 0.6 is 11.9 Å². The summed E-state index contributed by atoms with van der Waals surface area (Å²) in [6, 6.07) is 8.12. The van der Waals surface area contributed by atoms with Crippen LogP contribution in [0.15, 0.2) is 42.9 Å². The number of nitrogens with zero attached hydrogens (tertiary/aromatic N) is 3. The number of aryl methyl sites for hydroxylation is 1. The van der Waals surface area contributed by atoms with E-state index in [2.05, 4.69) is 42.9 Å². The van der Waals surface area contributed by atoms with Gasteiger partial charge in [0, 0.05) is 12.1 Å². The van der Waals surface area contributed by atoms with Crippen LogP contribution in [0.25, 0.3) is 28.7 Å². The molecule has 6 nitrogen and oxygen atoms in total. The highest BCUT2D eigenvalue weighted by Crippen LogP contribution is 2.24. The molecule has 0 aliphatic carbocycles. The maximum Gasteiger partial charge on any atom is 0.279 e. The molecule has 0 saturated heterocycles. The lowest BCUT2D eigenvalue weighted by Crippen LogP contribution is -2.04. The molecule has 29 heavy (non-hydrogen) atoms. The van der Waals surface area contributed by atoms with Crippen LogP contribution in [-0.2, 0) is 6.54 Å². The molecule has 0 atom stereocenters. The third kappa shape index (κ3) is 5.55. The molecular weight excluding hydrogens is 394 g/mol. The quantitative estimate of drug-likeness (QED) is 0.373. The number of nitrogens with one attached hydrogen (secondary N) is 3. The van der Waals surface area contributed by atoms with E-state index < -0.39 is 12.1 Å². The molecule has 0 aliphatic heterocycles. The van der Waals surface area contributed by atoms with Gasteiger partial charge in [-0.15, -0.1) is 0 Å². The Balaban J connectivity index is 1.85. The highest BCUT2D eigenvalue weighted by molar-refractivity contribution is 7.96. The lowest BCUT2D eigenvalue weighted by molar-refractivity contribution is 0.226. The maximum atomic E-state index is 12.4. The zero-order chi connectivity index (χ0) is 20.8. The summed E-state index contributed by atoms with van der Waals surface area (Å²) in [6.07, 6.45) is 4.59. The number of halogens is 2. The van der Waals surface area contributed by atoms with E-state index in [9.17, 15) is 8.78 Å². The van der Waals surface area contributed by atoms with Crippen LogP contribution in [0.5, 0.6) is 0 Å². The number of imidazole rings is 1. The topological polar surface area (TPSA) is 90.3 Å². The van der Waals surface area contributed by atoms with Gasteiger partial charge in [0.15, 0.2) is 0 Å². The van der Waals surface area contributed by atoms with Gasteiger partial charge in [0.05, 0.1) is 29.0 Å². The fourth-order valence-corrected chi connectivity index (χ4v) is 3.03. The molecule has 0 unspecified atom stereocenters. The van der Waals surface area contributed by atoms with E-state index in [1.165, 1.54) is 12.4 Å². The van der Waals surface area contributed by atoms with Crippen LogP contribution in [-0.4, -0.2) is 38.3 Å². The van der Waals surface area contributed by atoms with Crippen LogP contribution in [0.1, 0.15) is 17.0 Å². The molecule has 0 radical (unpaired) electrons. The zero-order valence-electron chi connectivity index (χ0n) is 15.9. The SMILES string of the molecule is CSNCc1cc(C)cc(-c2cc(-c3cnc(/C=C\C(=N)C(F)F)[nH]3)ncn2)c1. The van der Waals surface area contributed by atoms with Gasteiger partial charge >= 0.3 is 0 Å². The lowest BCUT2D eigenvalue weighted by atomic mass is 10.0. The Labute approximate surface area is 171 Å². The van der Waals surface area contributed by atoms with E-state index in [0.717, 1.165) is 35.0 Å². The fraction of sp³-hybridized carbons (Fsp3) is 0.200. The Morgan fingerprint density at radius 2 is 2.00 bits per heavy atom. The number of rotatable bonds is 8. The van der Waals surface area contributed by atoms with Crippen molar-refractivity contribution in [3.05, 3.63) is 59.8 Å². The van der Waals surface area contributed by atoms with Crippen LogP contribution < -0.4 is 4.72 Å². The number of hydrogen-bond acceptors (Lipinski definition) is 6. The normalized spacial score (nSPS) is 11.5. The summed E-state index contributed by atoms with van der Waals surface area (Å²) in [4.78, 5) is 15.8. The van der Waals surface area contributed by atoms with E-state index in [-0.39, 0.29) is 0 Å². The minimum absolute atomic E-state index is 0.367. The van der Waals surface area contributed by atoms with Crippen molar-refractivity contribution >= 4 is 23.7 Å². The molecule has 3 N–H and O–H groups in total. The number of aromatic amines is 1. The van der Waals surface area contributed by atoms with Crippen molar-refractivity contribution in [2.24, 2.45) is 0 Å². The number of alkyl halides is 2. The summed E-state index contributed by atoms with van der Waals surface area (Å²) in [5, 5.41) is 7.16. The summed E-state index contributed by atoms with van der Waals surface area (Å²) < 4.78 is 28.0. The zero-order valence-corrected chi connectivity index (χ0v) is 16.7. The first-order chi connectivity index (χ1) is 14.0. The average molecular weight is 414 g/mol.